The van der Waals surface area contributed by atoms with Gasteiger partial charge in [0.15, 0.2) is 0 Å². The van der Waals surface area contributed by atoms with E-state index in [4.69, 9.17) is 0 Å². The molecule has 0 bridgehead atoms. The first-order chi connectivity index (χ1) is 10.0. The van der Waals surface area contributed by atoms with Crippen molar-refractivity contribution in [3.63, 3.8) is 0 Å². The van der Waals surface area contributed by atoms with Crippen LogP contribution in [0.15, 0.2) is 47.4 Å². The number of pyridine rings is 1. The van der Waals surface area contributed by atoms with E-state index in [1.54, 1.807) is 23.1 Å². The first-order valence-electron chi connectivity index (χ1n) is 6.81. The fourth-order valence-corrected chi connectivity index (χ4v) is 2.27. The Morgan fingerprint density at radius 3 is 2.67 bits per heavy atom. The summed E-state index contributed by atoms with van der Waals surface area (Å²) < 4.78 is 0. The lowest BCUT2D eigenvalue weighted by atomic mass is 10.1. The van der Waals surface area contributed by atoms with Gasteiger partial charge in [-0.25, -0.2) is 0 Å². The topological polar surface area (TPSA) is 73.4 Å². The number of nitrogens with one attached hydrogen (secondary N) is 1. The van der Waals surface area contributed by atoms with Crippen LogP contribution < -0.4 is 5.56 Å². The lowest BCUT2D eigenvalue weighted by Gasteiger charge is -2.28. The number of phenolic OH excluding ortho intramolecular Hbond substituents is 1. The van der Waals surface area contributed by atoms with Gasteiger partial charge in [-0.1, -0.05) is 12.1 Å². The standard InChI is InChI=1S/C16H18N2O3/c1-3-18(11(2)12-5-4-6-14(19)9-12)16(21)13-7-8-15(20)17-10-13/h4-11,19H,3H2,1-2H3,(H,17,20). The number of amides is 1. The number of phenols is 1. The Labute approximate surface area is 122 Å². The van der Waals surface area contributed by atoms with Crippen LogP contribution in [-0.2, 0) is 0 Å². The molecule has 1 amide bonds. The Morgan fingerprint density at radius 2 is 2.10 bits per heavy atom. The van der Waals surface area contributed by atoms with E-state index >= 15 is 0 Å². The molecule has 0 aliphatic heterocycles. The van der Waals surface area contributed by atoms with Crippen molar-refractivity contribution >= 4 is 5.91 Å². The number of hydrogen-bond donors (Lipinski definition) is 2. The highest BCUT2D eigenvalue weighted by atomic mass is 16.3. The summed E-state index contributed by atoms with van der Waals surface area (Å²) in [6.07, 6.45) is 1.42. The summed E-state index contributed by atoms with van der Waals surface area (Å²) in [6.45, 7) is 4.32. The molecular weight excluding hydrogens is 268 g/mol. The first-order valence-corrected chi connectivity index (χ1v) is 6.81. The number of H-pyrrole nitrogens is 1. The van der Waals surface area contributed by atoms with E-state index in [2.05, 4.69) is 4.98 Å². The van der Waals surface area contributed by atoms with Crippen molar-refractivity contribution in [1.82, 2.24) is 9.88 Å². The molecule has 1 aromatic carbocycles. The molecular formula is C16H18N2O3. The Bertz CT molecular complexity index is 673. The summed E-state index contributed by atoms with van der Waals surface area (Å²) in [5.41, 5.74) is 1.05. The van der Waals surface area contributed by atoms with Gasteiger partial charge in [0.2, 0.25) is 5.56 Å². The number of aromatic nitrogens is 1. The third-order valence-electron chi connectivity index (χ3n) is 3.45. The van der Waals surface area contributed by atoms with E-state index in [0.29, 0.717) is 12.1 Å². The highest BCUT2D eigenvalue weighted by Gasteiger charge is 2.21. The second kappa shape index (κ2) is 6.26. The Morgan fingerprint density at radius 1 is 1.33 bits per heavy atom. The molecule has 0 fully saturated rings. The van der Waals surface area contributed by atoms with Crippen molar-refractivity contribution in [2.45, 2.75) is 19.9 Å². The predicted molar refractivity (Wildman–Crippen MR) is 80.3 cm³/mol. The van der Waals surface area contributed by atoms with Crippen LogP contribution in [0.1, 0.15) is 35.8 Å². The van der Waals surface area contributed by atoms with Crippen LogP contribution >= 0.6 is 0 Å². The van der Waals surface area contributed by atoms with Gasteiger partial charge in [-0.15, -0.1) is 0 Å². The number of carbonyl (C=O) groups is 1. The van der Waals surface area contributed by atoms with E-state index in [-0.39, 0.29) is 23.3 Å². The van der Waals surface area contributed by atoms with Crippen molar-refractivity contribution in [3.8, 4) is 5.75 Å². The Balaban J connectivity index is 2.28. The fraction of sp³-hybridized carbons (Fsp3) is 0.250. The normalized spacial score (nSPS) is 11.9. The second-order valence-electron chi connectivity index (χ2n) is 4.80. The average Bonchev–Trinajstić information content (AvgIpc) is 2.48. The number of nitrogens with zero attached hydrogens (tertiary/aromatic N) is 1. The smallest absolute Gasteiger partial charge is 0.255 e. The maximum atomic E-state index is 12.5. The largest absolute Gasteiger partial charge is 0.508 e. The van der Waals surface area contributed by atoms with Crippen LogP contribution in [0.4, 0.5) is 0 Å². The van der Waals surface area contributed by atoms with Crippen LogP contribution in [-0.4, -0.2) is 27.4 Å². The van der Waals surface area contributed by atoms with Crippen LogP contribution in [0.5, 0.6) is 5.75 Å². The molecule has 1 unspecified atom stereocenters. The van der Waals surface area contributed by atoms with Crippen LogP contribution in [0.25, 0.3) is 0 Å². The molecule has 2 rings (SSSR count). The number of carbonyl (C=O) groups excluding carboxylic acids is 1. The molecule has 2 aromatic rings. The van der Waals surface area contributed by atoms with Gasteiger partial charge in [0.1, 0.15) is 5.75 Å². The highest BCUT2D eigenvalue weighted by Crippen LogP contribution is 2.24. The summed E-state index contributed by atoms with van der Waals surface area (Å²) in [6, 6.07) is 9.52. The molecule has 1 atom stereocenters. The van der Waals surface area contributed by atoms with Gasteiger partial charge in [-0.2, -0.15) is 0 Å². The molecule has 0 saturated heterocycles. The SMILES string of the molecule is CCN(C(=O)c1ccc(=O)[nH]c1)C(C)c1cccc(O)c1. The third-order valence-corrected chi connectivity index (χ3v) is 3.45. The molecule has 1 aromatic heterocycles. The van der Waals surface area contributed by atoms with Gasteiger partial charge in [0, 0.05) is 18.8 Å². The molecule has 5 nitrogen and oxygen atoms in total. The summed E-state index contributed by atoms with van der Waals surface area (Å²) in [4.78, 5) is 27.8. The summed E-state index contributed by atoms with van der Waals surface area (Å²) in [7, 11) is 0. The lowest BCUT2D eigenvalue weighted by Crippen LogP contribution is -2.33. The molecule has 5 heteroatoms. The van der Waals surface area contributed by atoms with Crippen LogP contribution in [0.2, 0.25) is 0 Å². The van der Waals surface area contributed by atoms with Crippen LogP contribution in [0, 0.1) is 0 Å². The zero-order chi connectivity index (χ0) is 15.4. The first kappa shape index (κ1) is 14.8. The zero-order valence-electron chi connectivity index (χ0n) is 12.0. The van der Waals surface area contributed by atoms with Gasteiger partial charge >= 0.3 is 0 Å². The van der Waals surface area contributed by atoms with Gasteiger partial charge in [-0.05, 0) is 37.6 Å². The Kier molecular flexibility index (Phi) is 4.42. The van der Waals surface area contributed by atoms with Gasteiger partial charge in [0.05, 0.1) is 11.6 Å². The minimum Gasteiger partial charge on any atom is -0.508 e. The van der Waals surface area contributed by atoms with E-state index in [9.17, 15) is 14.7 Å². The van der Waals surface area contributed by atoms with Crippen molar-refractivity contribution in [1.29, 1.82) is 0 Å². The monoisotopic (exact) mass is 286 g/mol. The lowest BCUT2D eigenvalue weighted by molar-refractivity contribution is 0.0701. The zero-order valence-corrected chi connectivity index (χ0v) is 12.0. The maximum absolute atomic E-state index is 12.5. The van der Waals surface area contributed by atoms with Crippen molar-refractivity contribution in [3.05, 3.63) is 64.1 Å². The molecule has 21 heavy (non-hydrogen) atoms. The molecule has 0 aliphatic carbocycles. The summed E-state index contributed by atoms with van der Waals surface area (Å²) in [5.74, 6) is 0.0106. The fourth-order valence-electron chi connectivity index (χ4n) is 2.27. The van der Waals surface area contributed by atoms with Crippen molar-refractivity contribution in [2.75, 3.05) is 6.54 Å². The van der Waals surface area contributed by atoms with E-state index in [1.807, 2.05) is 19.9 Å². The number of hydrogen-bond acceptors (Lipinski definition) is 3. The minimum absolute atomic E-state index is 0.162. The van der Waals surface area contributed by atoms with Gasteiger partial charge < -0.3 is 15.0 Å². The van der Waals surface area contributed by atoms with Crippen LogP contribution in [0.3, 0.4) is 0 Å². The van der Waals surface area contributed by atoms with E-state index in [0.717, 1.165) is 5.56 Å². The van der Waals surface area contributed by atoms with E-state index in [1.165, 1.54) is 18.3 Å². The van der Waals surface area contributed by atoms with Crippen molar-refractivity contribution in [2.24, 2.45) is 0 Å². The molecule has 0 spiro atoms. The Hall–Kier alpha value is -2.56. The minimum atomic E-state index is -0.240. The number of benzene rings is 1. The molecule has 1 heterocycles. The average molecular weight is 286 g/mol. The summed E-state index contributed by atoms with van der Waals surface area (Å²) >= 11 is 0. The number of aromatic hydroxyl groups is 1. The highest BCUT2D eigenvalue weighted by molar-refractivity contribution is 5.94. The molecule has 110 valence electrons. The van der Waals surface area contributed by atoms with Gasteiger partial charge in [-0.3, -0.25) is 9.59 Å². The quantitative estimate of drug-likeness (QED) is 0.905. The molecule has 0 aliphatic rings. The predicted octanol–water partition coefficient (Wildman–Crippen LogP) is 2.30. The summed E-state index contributed by atoms with van der Waals surface area (Å²) in [5, 5.41) is 9.56. The molecule has 0 radical (unpaired) electrons. The van der Waals surface area contributed by atoms with Gasteiger partial charge in [0.25, 0.3) is 5.91 Å². The molecule has 2 N–H and O–H groups in total. The van der Waals surface area contributed by atoms with E-state index < -0.39 is 0 Å². The maximum Gasteiger partial charge on any atom is 0.255 e. The van der Waals surface area contributed by atoms with Crippen molar-refractivity contribution < 1.29 is 9.90 Å². The number of rotatable bonds is 4. The third kappa shape index (κ3) is 3.31. The molecule has 0 saturated carbocycles. The second-order valence-corrected chi connectivity index (χ2v) is 4.80. The number of aromatic amines is 1.